The number of nitrogens with zero attached hydrogens (tertiary/aromatic N) is 3. The zero-order valence-electron chi connectivity index (χ0n) is 19.7. The van der Waals surface area contributed by atoms with Gasteiger partial charge < -0.3 is 15.0 Å². The fourth-order valence-corrected chi connectivity index (χ4v) is 4.15. The van der Waals surface area contributed by atoms with Gasteiger partial charge in [0.25, 0.3) is 0 Å². The standard InChI is InChI=1S/C24H34N4O4/c1-6-32-23(30)21-20(15-27-11-13-28(14-12-27)17(4)29)26(5)24(31)25-22(21)19-9-7-18(8-10-19)16(2)3/h7-10,16,22H,6,11-15H2,1-5H3,(H,25,31)/t22-/m0/s1. The molecule has 0 aromatic heterocycles. The quantitative estimate of drug-likeness (QED) is 0.685. The summed E-state index contributed by atoms with van der Waals surface area (Å²) in [5.74, 6) is 0.0326. The minimum absolute atomic E-state index is 0.0650. The second-order valence-corrected chi connectivity index (χ2v) is 8.63. The van der Waals surface area contributed by atoms with Crippen molar-refractivity contribution < 1.29 is 19.1 Å². The average Bonchev–Trinajstić information content (AvgIpc) is 2.77. The van der Waals surface area contributed by atoms with E-state index in [0.29, 0.717) is 49.9 Å². The van der Waals surface area contributed by atoms with Crippen molar-refractivity contribution in [3.63, 3.8) is 0 Å². The highest BCUT2D eigenvalue weighted by Crippen LogP contribution is 2.32. The van der Waals surface area contributed by atoms with Gasteiger partial charge in [0, 0.05) is 52.4 Å². The van der Waals surface area contributed by atoms with Crippen LogP contribution in [0.25, 0.3) is 0 Å². The number of nitrogens with one attached hydrogen (secondary N) is 1. The first-order valence-electron chi connectivity index (χ1n) is 11.2. The third-order valence-electron chi connectivity index (χ3n) is 6.20. The number of carbonyl (C=O) groups excluding carboxylic acids is 3. The molecule has 174 valence electrons. The Morgan fingerprint density at radius 2 is 1.75 bits per heavy atom. The van der Waals surface area contributed by atoms with Gasteiger partial charge in [-0.15, -0.1) is 0 Å². The first-order valence-corrected chi connectivity index (χ1v) is 11.2. The number of ether oxygens (including phenoxy) is 1. The Balaban J connectivity index is 1.95. The van der Waals surface area contributed by atoms with Gasteiger partial charge in [0.05, 0.1) is 18.2 Å². The Kier molecular flexibility index (Phi) is 7.56. The van der Waals surface area contributed by atoms with Crippen LogP contribution in [0.15, 0.2) is 35.5 Å². The number of esters is 1. The second kappa shape index (κ2) is 10.2. The Morgan fingerprint density at radius 3 is 2.28 bits per heavy atom. The molecular weight excluding hydrogens is 408 g/mol. The Labute approximate surface area is 190 Å². The highest BCUT2D eigenvalue weighted by molar-refractivity contribution is 5.95. The maximum absolute atomic E-state index is 13.1. The number of amides is 3. The molecule has 3 rings (SSSR count). The fraction of sp³-hybridized carbons (Fsp3) is 0.542. The first kappa shape index (κ1) is 23.8. The van der Waals surface area contributed by atoms with E-state index >= 15 is 0 Å². The largest absolute Gasteiger partial charge is 0.463 e. The monoisotopic (exact) mass is 442 g/mol. The lowest BCUT2D eigenvalue weighted by molar-refractivity contribution is -0.139. The summed E-state index contributed by atoms with van der Waals surface area (Å²) >= 11 is 0. The van der Waals surface area contributed by atoms with Crippen LogP contribution in [0, 0.1) is 0 Å². The summed E-state index contributed by atoms with van der Waals surface area (Å²) in [6.07, 6.45) is 0. The summed E-state index contributed by atoms with van der Waals surface area (Å²) in [5.41, 5.74) is 3.14. The summed E-state index contributed by atoms with van der Waals surface area (Å²) in [7, 11) is 1.67. The average molecular weight is 443 g/mol. The molecule has 1 fully saturated rings. The number of hydrogen-bond acceptors (Lipinski definition) is 5. The number of urea groups is 1. The predicted octanol–water partition coefficient (Wildman–Crippen LogP) is 2.49. The van der Waals surface area contributed by atoms with E-state index in [-0.39, 0.29) is 18.5 Å². The minimum atomic E-state index is -0.576. The minimum Gasteiger partial charge on any atom is -0.463 e. The van der Waals surface area contributed by atoms with Crippen LogP contribution in [0.1, 0.15) is 50.8 Å². The molecule has 0 bridgehead atoms. The number of piperazine rings is 1. The highest BCUT2D eigenvalue weighted by atomic mass is 16.5. The molecule has 0 unspecified atom stereocenters. The van der Waals surface area contributed by atoms with E-state index in [1.54, 1.807) is 20.9 Å². The van der Waals surface area contributed by atoms with E-state index in [1.165, 1.54) is 10.5 Å². The predicted molar refractivity (Wildman–Crippen MR) is 122 cm³/mol. The van der Waals surface area contributed by atoms with Gasteiger partial charge in [0.15, 0.2) is 0 Å². The molecule has 8 nitrogen and oxygen atoms in total. The van der Waals surface area contributed by atoms with Crippen molar-refractivity contribution in [3.8, 4) is 0 Å². The summed E-state index contributed by atoms with van der Waals surface area (Å²) in [6, 6.07) is 7.17. The number of hydrogen-bond donors (Lipinski definition) is 1. The van der Waals surface area contributed by atoms with Crippen LogP contribution in [0.2, 0.25) is 0 Å². The summed E-state index contributed by atoms with van der Waals surface area (Å²) in [4.78, 5) is 43.0. The van der Waals surface area contributed by atoms with Crippen LogP contribution in [0.4, 0.5) is 4.79 Å². The Hall–Kier alpha value is -2.87. The van der Waals surface area contributed by atoms with Crippen LogP contribution < -0.4 is 5.32 Å². The number of likely N-dealkylation sites (N-methyl/N-ethyl adjacent to an activating group) is 1. The van der Waals surface area contributed by atoms with Gasteiger partial charge >= 0.3 is 12.0 Å². The van der Waals surface area contributed by atoms with Crippen LogP contribution in [-0.4, -0.2) is 79.0 Å². The molecule has 1 aromatic carbocycles. The van der Waals surface area contributed by atoms with Gasteiger partial charge in [0.1, 0.15) is 0 Å². The molecule has 2 aliphatic heterocycles. The molecule has 0 saturated carbocycles. The van der Waals surface area contributed by atoms with Gasteiger partial charge in [-0.3, -0.25) is 14.6 Å². The zero-order valence-corrected chi connectivity index (χ0v) is 19.7. The van der Waals surface area contributed by atoms with E-state index in [9.17, 15) is 14.4 Å². The molecule has 2 heterocycles. The number of carbonyl (C=O) groups is 3. The lowest BCUT2D eigenvalue weighted by Gasteiger charge is -2.39. The first-order chi connectivity index (χ1) is 15.2. The molecule has 0 aliphatic carbocycles. The highest BCUT2D eigenvalue weighted by Gasteiger charge is 2.37. The van der Waals surface area contributed by atoms with Crippen molar-refractivity contribution in [2.75, 3.05) is 46.4 Å². The molecule has 1 N–H and O–H groups in total. The molecule has 8 heteroatoms. The van der Waals surface area contributed by atoms with E-state index in [1.807, 2.05) is 29.2 Å². The molecule has 2 aliphatic rings. The van der Waals surface area contributed by atoms with Crippen LogP contribution in [0.3, 0.4) is 0 Å². The van der Waals surface area contributed by atoms with Crippen molar-refractivity contribution in [1.82, 2.24) is 20.0 Å². The molecule has 1 atom stereocenters. The van der Waals surface area contributed by atoms with E-state index < -0.39 is 12.0 Å². The molecule has 1 saturated heterocycles. The topological polar surface area (TPSA) is 82.2 Å². The van der Waals surface area contributed by atoms with Crippen molar-refractivity contribution in [2.24, 2.45) is 0 Å². The third-order valence-corrected chi connectivity index (χ3v) is 6.20. The summed E-state index contributed by atoms with van der Waals surface area (Å²) < 4.78 is 5.40. The maximum atomic E-state index is 13.1. The Bertz CT molecular complexity index is 886. The van der Waals surface area contributed by atoms with Gasteiger partial charge in [-0.05, 0) is 24.0 Å². The van der Waals surface area contributed by atoms with Crippen molar-refractivity contribution in [2.45, 2.75) is 39.7 Å². The molecule has 1 aromatic rings. The van der Waals surface area contributed by atoms with Crippen LogP contribution in [-0.2, 0) is 14.3 Å². The summed E-state index contributed by atoms with van der Waals surface area (Å²) in [6.45, 7) is 10.9. The van der Waals surface area contributed by atoms with Crippen molar-refractivity contribution >= 4 is 17.9 Å². The van der Waals surface area contributed by atoms with Crippen LogP contribution in [0.5, 0.6) is 0 Å². The normalized spacial score (nSPS) is 19.9. The van der Waals surface area contributed by atoms with Gasteiger partial charge in [0.2, 0.25) is 5.91 Å². The van der Waals surface area contributed by atoms with E-state index in [0.717, 1.165) is 5.56 Å². The van der Waals surface area contributed by atoms with Crippen molar-refractivity contribution in [3.05, 3.63) is 46.7 Å². The lowest BCUT2D eigenvalue weighted by Crippen LogP contribution is -2.52. The van der Waals surface area contributed by atoms with Crippen LogP contribution >= 0.6 is 0 Å². The fourth-order valence-electron chi connectivity index (χ4n) is 4.15. The molecule has 0 spiro atoms. The third kappa shape index (κ3) is 5.12. The number of rotatable bonds is 6. The smallest absolute Gasteiger partial charge is 0.338 e. The molecular formula is C24H34N4O4. The van der Waals surface area contributed by atoms with Crippen molar-refractivity contribution in [1.29, 1.82) is 0 Å². The second-order valence-electron chi connectivity index (χ2n) is 8.63. The zero-order chi connectivity index (χ0) is 23.4. The SMILES string of the molecule is CCOC(=O)C1=C(CN2CCN(C(C)=O)CC2)N(C)C(=O)N[C@H]1c1ccc(C(C)C)cc1. The molecule has 32 heavy (non-hydrogen) atoms. The maximum Gasteiger partial charge on any atom is 0.338 e. The van der Waals surface area contributed by atoms with E-state index in [4.69, 9.17) is 4.74 Å². The van der Waals surface area contributed by atoms with Gasteiger partial charge in [-0.2, -0.15) is 0 Å². The van der Waals surface area contributed by atoms with Gasteiger partial charge in [-0.25, -0.2) is 9.59 Å². The molecule has 0 radical (unpaired) electrons. The summed E-state index contributed by atoms with van der Waals surface area (Å²) in [5, 5.41) is 2.97. The molecule has 3 amide bonds. The lowest BCUT2D eigenvalue weighted by atomic mass is 9.92. The Morgan fingerprint density at radius 1 is 1.12 bits per heavy atom. The van der Waals surface area contributed by atoms with Gasteiger partial charge in [-0.1, -0.05) is 38.1 Å². The number of benzene rings is 1. The van der Waals surface area contributed by atoms with E-state index in [2.05, 4.69) is 24.1 Å².